The Morgan fingerprint density at radius 3 is 2.43 bits per heavy atom. The maximum absolute atomic E-state index is 11.9. The van der Waals surface area contributed by atoms with Gasteiger partial charge in [-0.2, -0.15) is 0 Å². The summed E-state index contributed by atoms with van der Waals surface area (Å²) in [6, 6.07) is 5.33. The van der Waals surface area contributed by atoms with Gasteiger partial charge >= 0.3 is 0 Å². The van der Waals surface area contributed by atoms with E-state index in [-0.39, 0.29) is 0 Å². The van der Waals surface area contributed by atoms with Gasteiger partial charge in [0.1, 0.15) is 12.4 Å². The molecule has 7 heteroatoms. The van der Waals surface area contributed by atoms with Crippen LogP contribution in [0.15, 0.2) is 22.7 Å². The number of methoxy groups -OCH3 is 1. The molecule has 1 unspecified atom stereocenters. The summed E-state index contributed by atoms with van der Waals surface area (Å²) < 4.78 is 33.8. The third-order valence-corrected chi connectivity index (χ3v) is 7.05. The van der Waals surface area contributed by atoms with Crippen molar-refractivity contribution >= 4 is 37.4 Å². The van der Waals surface area contributed by atoms with Crippen LogP contribution in [0.25, 0.3) is 0 Å². The summed E-state index contributed by atoms with van der Waals surface area (Å²) in [5.41, 5.74) is 0.720. The molecule has 1 aromatic rings. The van der Waals surface area contributed by atoms with Crippen LogP contribution in [0.5, 0.6) is 5.75 Å². The second kappa shape index (κ2) is 7.31. The van der Waals surface area contributed by atoms with E-state index in [1.165, 1.54) is 6.26 Å². The van der Waals surface area contributed by atoms with Gasteiger partial charge in [-0.3, -0.25) is 0 Å². The molecule has 0 aromatic heterocycles. The molecule has 0 saturated heterocycles. The molecular formula is C14H20BrClO4S. The first-order valence-electron chi connectivity index (χ1n) is 6.36. The number of sulfone groups is 1. The number of ether oxygens (including phenoxy) is 2. The molecule has 0 heterocycles. The highest BCUT2D eigenvalue weighted by Gasteiger charge is 2.39. The number of hydrogen-bond acceptors (Lipinski definition) is 4. The Balaban J connectivity index is 2.98. The van der Waals surface area contributed by atoms with Crippen molar-refractivity contribution in [1.82, 2.24) is 0 Å². The Hall–Kier alpha value is -0.300. The zero-order chi connectivity index (χ0) is 16.3. The zero-order valence-electron chi connectivity index (χ0n) is 12.5. The van der Waals surface area contributed by atoms with Crippen molar-refractivity contribution in [1.29, 1.82) is 0 Å². The summed E-state index contributed by atoms with van der Waals surface area (Å²) in [5.74, 6) is 0.664. The predicted molar refractivity (Wildman–Crippen MR) is 89.0 cm³/mol. The molecule has 1 aromatic carbocycles. The van der Waals surface area contributed by atoms with Gasteiger partial charge in [0, 0.05) is 13.4 Å². The summed E-state index contributed by atoms with van der Waals surface area (Å²) >= 11 is 9.78. The van der Waals surface area contributed by atoms with Gasteiger partial charge in [-0.05, 0) is 47.5 Å². The monoisotopic (exact) mass is 398 g/mol. The van der Waals surface area contributed by atoms with Crippen molar-refractivity contribution in [3.63, 3.8) is 0 Å². The molecule has 0 radical (unpaired) electrons. The van der Waals surface area contributed by atoms with E-state index < -0.39 is 20.0 Å². The quantitative estimate of drug-likeness (QED) is 0.519. The van der Waals surface area contributed by atoms with Crippen LogP contribution < -0.4 is 4.74 Å². The first-order chi connectivity index (χ1) is 9.61. The van der Waals surface area contributed by atoms with Gasteiger partial charge in [-0.1, -0.05) is 6.07 Å². The van der Waals surface area contributed by atoms with Crippen molar-refractivity contribution in [3.05, 3.63) is 28.2 Å². The molecule has 0 spiro atoms. The van der Waals surface area contributed by atoms with Crippen LogP contribution in [-0.4, -0.2) is 39.7 Å². The first kappa shape index (κ1) is 18.7. The highest BCUT2D eigenvalue weighted by atomic mass is 79.9. The van der Waals surface area contributed by atoms with Crippen LogP contribution in [0.4, 0.5) is 0 Å². The molecular weight excluding hydrogens is 380 g/mol. The fraction of sp³-hybridized carbons (Fsp3) is 0.571. The van der Waals surface area contributed by atoms with Gasteiger partial charge in [0.15, 0.2) is 9.84 Å². The molecule has 4 nitrogen and oxygen atoms in total. The lowest BCUT2D eigenvalue weighted by Crippen LogP contribution is -2.35. The SMILES string of the molecule is COCCOc1ccc(C(Cl)C(C)(C)S(C)(=O)=O)cc1Br. The summed E-state index contributed by atoms with van der Waals surface area (Å²) in [6.07, 6.45) is 1.19. The first-order valence-corrected chi connectivity index (χ1v) is 9.48. The van der Waals surface area contributed by atoms with Crippen molar-refractivity contribution in [2.75, 3.05) is 26.6 Å². The molecule has 120 valence electrons. The largest absolute Gasteiger partial charge is 0.490 e. The van der Waals surface area contributed by atoms with Crippen molar-refractivity contribution < 1.29 is 17.9 Å². The van der Waals surface area contributed by atoms with Gasteiger partial charge in [0.25, 0.3) is 0 Å². The van der Waals surface area contributed by atoms with Gasteiger partial charge in [-0.15, -0.1) is 11.6 Å². The number of hydrogen-bond donors (Lipinski definition) is 0. The Labute approximate surface area is 139 Å². The highest BCUT2D eigenvalue weighted by Crippen LogP contribution is 2.39. The average molecular weight is 400 g/mol. The lowest BCUT2D eigenvalue weighted by atomic mass is 10.0. The summed E-state index contributed by atoms with van der Waals surface area (Å²) in [4.78, 5) is 0. The maximum Gasteiger partial charge on any atom is 0.154 e. The minimum Gasteiger partial charge on any atom is -0.490 e. The topological polar surface area (TPSA) is 52.6 Å². The van der Waals surface area contributed by atoms with Crippen molar-refractivity contribution in [2.24, 2.45) is 0 Å². The van der Waals surface area contributed by atoms with Crippen LogP contribution >= 0.6 is 27.5 Å². The van der Waals surface area contributed by atoms with Gasteiger partial charge in [0.2, 0.25) is 0 Å². The van der Waals surface area contributed by atoms with E-state index in [9.17, 15) is 8.42 Å². The Morgan fingerprint density at radius 1 is 1.33 bits per heavy atom. The molecule has 1 atom stereocenters. The summed E-state index contributed by atoms with van der Waals surface area (Å²) in [5, 5.41) is -0.656. The molecule has 1 rings (SSSR count). The van der Waals surface area contributed by atoms with Crippen molar-refractivity contribution in [2.45, 2.75) is 24.0 Å². The highest BCUT2D eigenvalue weighted by molar-refractivity contribution is 9.10. The van der Waals surface area contributed by atoms with E-state index >= 15 is 0 Å². The van der Waals surface area contributed by atoms with Gasteiger partial charge < -0.3 is 9.47 Å². The third kappa shape index (κ3) is 4.58. The summed E-state index contributed by atoms with van der Waals surface area (Å²) in [6.45, 7) is 4.18. The smallest absolute Gasteiger partial charge is 0.154 e. The third-order valence-electron chi connectivity index (χ3n) is 3.36. The molecule has 0 aliphatic heterocycles. The molecule has 21 heavy (non-hydrogen) atoms. The molecule has 0 aliphatic rings. The molecule has 0 fully saturated rings. The lowest BCUT2D eigenvalue weighted by molar-refractivity contribution is 0.146. The second-order valence-corrected chi connectivity index (χ2v) is 9.16. The standard InChI is InChI=1S/C14H20BrClO4S/c1-14(2,21(4,17)18)13(16)10-5-6-12(11(15)9-10)20-8-7-19-3/h5-6,9,13H,7-8H2,1-4H3. The van der Waals surface area contributed by atoms with Crippen molar-refractivity contribution in [3.8, 4) is 5.75 Å². The van der Waals surface area contributed by atoms with Crippen LogP contribution in [0, 0.1) is 0 Å². The van der Waals surface area contributed by atoms with E-state index in [1.807, 2.05) is 0 Å². The molecule has 0 bridgehead atoms. The van der Waals surface area contributed by atoms with Crippen LogP contribution in [0.2, 0.25) is 0 Å². The predicted octanol–water partition coefficient (Wildman–Crippen LogP) is 3.58. The molecule has 0 amide bonds. The Morgan fingerprint density at radius 2 is 1.95 bits per heavy atom. The normalized spacial score (nSPS) is 14.0. The molecule has 0 saturated carbocycles. The zero-order valence-corrected chi connectivity index (χ0v) is 15.7. The van der Waals surface area contributed by atoms with Crippen LogP contribution in [0.3, 0.4) is 0 Å². The number of rotatable bonds is 7. The van der Waals surface area contributed by atoms with E-state index in [2.05, 4.69) is 15.9 Å². The minimum atomic E-state index is -3.29. The van der Waals surface area contributed by atoms with Crippen LogP contribution in [0.1, 0.15) is 24.8 Å². The number of halogens is 2. The fourth-order valence-corrected chi connectivity index (χ4v) is 3.26. The maximum atomic E-state index is 11.9. The van der Waals surface area contributed by atoms with E-state index in [0.717, 1.165) is 10.0 Å². The van der Waals surface area contributed by atoms with Gasteiger partial charge in [-0.25, -0.2) is 8.42 Å². The Kier molecular flexibility index (Phi) is 6.53. The van der Waals surface area contributed by atoms with E-state index in [0.29, 0.717) is 19.0 Å². The number of benzene rings is 1. The second-order valence-electron chi connectivity index (χ2n) is 5.27. The van der Waals surface area contributed by atoms with E-state index in [1.54, 1.807) is 39.2 Å². The van der Waals surface area contributed by atoms with Crippen LogP contribution in [-0.2, 0) is 14.6 Å². The minimum absolute atomic E-state index is 0.438. The Bertz CT molecular complexity index is 587. The summed E-state index contributed by atoms with van der Waals surface area (Å²) in [7, 11) is -1.68. The average Bonchev–Trinajstić information content (AvgIpc) is 2.38. The number of alkyl halides is 1. The van der Waals surface area contributed by atoms with Gasteiger partial charge in [0.05, 0.1) is 21.2 Å². The molecule has 0 N–H and O–H groups in total. The van der Waals surface area contributed by atoms with E-state index in [4.69, 9.17) is 21.1 Å². The fourth-order valence-electron chi connectivity index (χ4n) is 1.62. The lowest BCUT2D eigenvalue weighted by Gasteiger charge is -2.28. The molecule has 0 aliphatic carbocycles.